The second kappa shape index (κ2) is 5.95. The molecular weight excluding hydrogens is 254 g/mol. The van der Waals surface area contributed by atoms with Crippen molar-refractivity contribution in [1.29, 1.82) is 0 Å². The zero-order chi connectivity index (χ0) is 14.8. The standard InChI is InChI=1S/C15H25N3O2/c1-12(2)10-18-9-8-16-13(14(18)19)17(3)11-15(20)6-4-5-7-15/h8-9,12,20H,4-7,10-11H2,1-3H3. The lowest BCUT2D eigenvalue weighted by Gasteiger charge is -2.29. The summed E-state index contributed by atoms with van der Waals surface area (Å²) < 4.78 is 1.70. The molecule has 0 radical (unpaired) electrons. The molecule has 5 nitrogen and oxygen atoms in total. The Bertz CT molecular complexity index is 504. The highest BCUT2D eigenvalue weighted by molar-refractivity contribution is 5.35. The fourth-order valence-corrected chi connectivity index (χ4v) is 2.94. The van der Waals surface area contributed by atoms with Gasteiger partial charge in [-0.25, -0.2) is 4.98 Å². The van der Waals surface area contributed by atoms with Crippen molar-refractivity contribution in [3.8, 4) is 0 Å². The van der Waals surface area contributed by atoms with Crippen LogP contribution in [-0.2, 0) is 6.54 Å². The quantitative estimate of drug-likeness (QED) is 0.890. The Hall–Kier alpha value is -1.36. The van der Waals surface area contributed by atoms with E-state index in [0.717, 1.165) is 25.7 Å². The highest BCUT2D eigenvalue weighted by atomic mass is 16.3. The topological polar surface area (TPSA) is 58.4 Å². The van der Waals surface area contributed by atoms with Gasteiger partial charge in [-0.15, -0.1) is 0 Å². The number of hydrogen-bond donors (Lipinski definition) is 1. The molecule has 1 aliphatic rings. The monoisotopic (exact) mass is 279 g/mol. The van der Waals surface area contributed by atoms with Gasteiger partial charge in [0.2, 0.25) is 0 Å². The molecule has 1 saturated carbocycles. The Balaban J connectivity index is 2.17. The third-order valence-corrected chi connectivity index (χ3v) is 3.88. The lowest BCUT2D eigenvalue weighted by molar-refractivity contribution is 0.0557. The third kappa shape index (κ3) is 3.39. The Kier molecular flexibility index (Phi) is 4.48. The predicted molar refractivity (Wildman–Crippen MR) is 80.0 cm³/mol. The summed E-state index contributed by atoms with van der Waals surface area (Å²) in [5.41, 5.74) is -0.744. The molecule has 1 fully saturated rings. The molecule has 0 saturated heterocycles. The van der Waals surface area contributed by atoms with Crippen LogP contribution in [0.3, 0.4) is 0 Å². The largest absolute Gasteiger partial charge is 0.388 e. The summed E-state index contributed by atoms with van der Waals surface area (Å²) in [5.74, 6) is 0.834. The Morgan fingerprint density at radius 3 is 2.70 bits per heavy atom. The summed E-state index contributed by atoms with van der Waals surface area (Å²) >= 11 is 0. The number of aromatic nitrogens is 2. The summed E-state index contributed by atoms with van der Waals surface area (Å²) in [6, 6.07) is 0. The molecule has 1 aliphatic carbocycles. The first-order valence-electron chi connectivity index (χ1n) is 7.40. The van der Waals surface area contributed by atoms with E-state index in [-0.39, 0.29) is 5.56 Å². The van der Waals surface area contributed by atoms with Crippen molar-refractivity contribution in [3.63, 3.8) is 0 Å². The van der Waals surface area contributed by atoms with Crippen molar-refractivity contribution in [2.24, 2.45) is 5.92 Å². The van der Waals surface area contributed by atoms with E-state index in [0.29, 0.717) is 24.8 Å². The summed E-state index contributed by atoms with van der Waals surface area (Å²) in [5, 5.41) is 10.5. The van der Waals surface area contributed by atoms with Gasteiger partial charge in [-0.2, -0.15) is 0 Å². The molecule has 1 heterocycles. The smallest absolute Gasteiger partial charge is 0.293 e. The average Bonchev–Trinajstić information content (AvgIpc) is 2.77. The minimum atomic E-state index is -0.665. The molecule has 1 N–H and O–H groups in total. The van der Waals surface area contributed by atoms with Crippen LogP contribution in [-0.4, -0.2) is 33.9 Å². The van der Waals surface area contributed by atoms with Crippen LogP contribution in [0.4, 0.5) is 5.82 Å². The second-order valence-electron chi connectivity index (χ2n) is 6.39. The number of likely N-dealkylation sites (N-methyl/N-ethyl adjacent to an activating group) is 1. The highest BCUT2D eigenvalue weighted by Crippen LogP contribution is 2.30. The van der Waals surface area contributed by atoms with Crippen LogP contribution >= 0.6 is 0 Å². The zero-order valence-corrected chi connectivity index (χ0v) is 12.7. The summed E-state index contributed by atoms with van der Waals surface area (Å²) in [7, 11) is 1.83. The maximum atomic E-state index is 12.4. The molecule has 5 heteroatoms. The van der Waals surface area contributed by atoms with Gasteiger partial charge in [0, 0.05) is 32.5 Å². The molecule has 0 aromatic carbocycles. The zero-order valence-electron chi connectivity index (χ0n) is 12.7. The first-order chi connectivity index (χ1) is 9.41. The van der Waals surface area contributed by atoms with E-state index in [2.05, 4.69) is 18.8 Å². The maximum Gasteiger partial charge on any atom is 0.293 e. The lowest BCUT2D eigenvalue weighted by atomic mass is 10.0. The van der Waals surface area contributed by atoms with Gasteiger partial charge in [0.15, 0.2) is 5.82 Å². The summed E-state index contributed by atoms with van der Waals surface area (Å²) in [6.45, 7) is 5.32. The molecular formula is C15H25N3O2. The second-order valence-corrected chi connectivity index (χ2v) is 6.39. The molecule has 112 valence electrons. The van der Waals surface area contributed by atoms with Gasteiger partial charge in [0.1, 0.15) is 0 Å². The van der Waals surface area contributed by atoms with Gasteiger partial charge in [0.05, 0.1) is 5.60 Å². The minimum Gasteiger partial charge on any atom is -0.388 e. The predicted octanol–water partition coefficient (Wildman–Crippen LogP) is 1.64. The van der Waals surface area contributed by atoms with Crippen molar-refractivity contribution in [1.82, 2.24) is 9.55 Å². The molecule has 0 bridgehead atoms. The van der Waals surface area contributed by atoms with E-state index in [1.807, 2.05) is 7.05 Å². The molecule has 0 atom stereocenters. The van der Waals surface area contributed by atoms with Gasteiger partial charge in [-0.05, 0) is 18.8 Å². The first kappa shape index (κ1) is 15.0. The van der Waals surface area contributed by atoms with Gasteiger partial charge in [-0.1, -0.05) is 26.7 Å². The van der Waals surface area contributed by atoms with E-state index >= 15 is 0 Å². The van der Waals surface area contributed by atoms with E-state index in [9.17, 15) is 9.90 Å². The Morgan fingerprint density at radius 1 is 1.45 bits per heavy atom. The van der Waals surface area contributed by atoms with Crippen LogP contribution in [0.1, 0.15) is 39.5 Å². The van der Waals surface area contributed by atoms with Gasteiger partial charge in [0.25, 0.3) is 5.56 Å². The molecule has 2 rings (SSSR count). The van der Waals surface area contributed by atoms with Crippen molar-refractivity contribution in [3.05, 3.63) is 22.7 Å². The molecule has 20 heavy (non-hydrogen) atoms. The molecule has 0 amide bonds. The van der Waals surface area contributed by atoms with Gasteiger partial charge in [-0.3, -0.25) is 4.79 Å². The maximum absolute atomic E-state index is 12.4. The van der Waals surface area contributed by atoms with Crippen LogP contribution in [0.2, 0.25) is 0 Å². The van der Waals surface area contributed by atoms with Crippen molar-refractivity contribution in [2.45, 2.75) is 51.7 Å². The highest BCUT2D eigenvalue weighted by Gasteiger charge is 2.33. The Morgan fingerprint density at radius 2 is 2.10 bits per heavy atom. The fourth-order valence-electron chi connectivity index (χ4n) is 2.94. The number of nitrogens with zero attached hydrogens (tertiary/aromatic N) is 3. The van der Waals surface area contributed by atoms with Gasteiger partial charge < -0.3 is 14.6 Å². The first-order valence-corrected chi connectivity index (χ1v) is 7.40. The van der Waals surface area contributed by atoms with Crippen LogP contribution in [0.25, 0.3) is 0 Å². The fraction of sp³-hybridized carbons (Fsp3) is 0.733. The number of rotatable bonds is 5. The number of anilines is 1. The summed E-state index contributed by atoms with van der Waals surface area (Å²) in [4.78, 5) is 18.4. The molecule has 0 spiro atoms. The minimum absolute atomic E-state index is 0.0784. The lowest BCUT2D eigenvalue weighted by Crippen LogP contribution is -2.42. The van der Waals surface area contributed by atoms with Crippen molar-refractivity contribution in [2.75, 3.05) is 18.5 Å². The molecule has 1 aromatic heterocycles. The van der Waals surface area contributed by atoms with E-state index in [1.165, 1.54) is 0 Å². The normalized spacial score (nSPS) is 17.6. The van der Waals surface area contributed by atoms with Gasteiger partial charge >= 0.3 is 0 Å². The van der Waals surface area contributed by atoms with E-state index in [4.69, 9.17) is 0 Å². The Labute approximate surface area is 120 Å². The molecule has 1 aromatic rings. The average molecular weight is 279 g/mol. The van der Waals surface area contributed by atoms with Crippen LogP contribution < -0.4 is 10.5 Å². The van der Waals surface area contributed by atoms with Crippen molar-refractivity contribution >= 4 is 5.82 Å². The SMILES string of the molecule is CC(C)Cn1ccnc(N(C)CC2(O)CCCC2)c1=O. The molecule has 0 aliphatic heterocycles. The van der Waals surface area contributed by atoms with Crippen LogP contribution in [0.5, 0.6) is 0 Å². The van der Waals surface area contributed by atoms with Crippen molar-refractivity contribution < 1.29 is 5.11 Å². The molecule has 0 unspecified atom stereocenters. The number of aliphatic hydroxyl groups is 1. The van der Waals surface area contributed by atoms with Crippen LogP contribution in [0.15, 0.2) is 17.2 Å². The number of hydrogen-bond acceptors (Lipinski definition) is 4. The summed E-state index contributed by atoms with van der Waals surface area (Å²) in [6.07, 6.45) is 7.13. The van der Waals surface area contributed by atoms with Crippen LogP contribution in [0, 0.1) is 5.92 Å². The van der Waals surface area contributed by atoms with E-state index in [1.54, 1.807) is 21.9 Å². The van der Waals surface area contributed by atoms with E-state index < -0.39 is 5.60 Å². The third-order valence-electron chi connectivity index (χ3n) is 3.88.